The third-order valence-corrected chi connectivity index (χ3v) is 10.4. The van der Waals surface area contributed by atoms with E-state index in [1.807, 2.05) is 21.1 Å². The molecule has 326 valence electrons. The first-order valence-electron chi connectivity index (χ1n) is 22.4. The lowest BCUT2D eigenvalue weighted by molar-refractivity contribution is -0.870. The maximum atomic E-state index is 12.7. The number of hydrogen-bond acceptors (Lipinski definition) is 7. The van der Waals surface area contributed by atoms with Crippen molar-refractivity contribution < 1.29 is 42.1 Å². The molecular weight excluding hydrogens is 725 g/mol. The molecule has 0 fully saturated rings. The molecule has 0 aromatic rings. The highest BCUT2D eigenvalue weighted by molar-refractivity contribution is 7.47. The Bertz CT molecular complexity index is 1100. The number of rotatable bonds is 40. The lowest BCUT2D eigenvalue weighted by Gasteiger charge is -2.24. The van der Waals surface area contributed by atoms with Gasteiger partial charge in [-0.15, -0.1) is 0 Å². The number of unbranched alkanes of at least 4 members (excludes halogenated alkanes) is 18. The number of phosphoric acid groups is 1. The predicted molar refractivity (Wildman–Crippen MR) is 233 cm³/mol. The van der Waals surface area contributed by atoms with E-state index in [0.717, 1.165) is 70.6 Å². The SMILES string of the molecule is CC/C=C\C/C=C\C/C=C\C/C=C\CCCCCCC(=O)OC(COC(=O)CCCCCCCCCCCCCCCCC)COP(=O)(O)OCC[N+](C)(C)C. The van der Waals surface area contributed by atoms with Crippen molar-refractivity contribution >= 4 is 19.8 Å². The summed E-state index contributed by atoms with van der Waals surface area (Å²) in [6.07, 6.45) is 44.4. The maximum absolute atomic E-state index is 12.7. The predicted octanol–water partition coefficient (Wildman–Crippen LogP) is 12.7. The van der Waals surface area contributed by atoms with Crippen molar-refractivity contribution in [1.82, 2.24) is 0 Å². The Labute approximate surface area is 343 Å². The number of allylic oxidation sites excluding steroid dienone is 8. The lowest BCUT2D eigenvalue weighted by atomic mass is 10.0. The zero-order chi connectivity index (χ0) is 41.4. The van der Waals surface area contributed by atoms with Gasteiger partial charge in [-0.3, -0.25) is 18.6 Å². The molecule has 2 atom stereocenters. The van der Waals surface area contributed by atoms with E-state index < -0.39 is 26.5 Å². The van der Waals surface area contributed by atoms with Gasteiger partial charge < -0.3 is 18.9 Å². The van der Waals surface area contributed by atoms with Crippen LogP contribution in [0.5, 0.6) is 0 Å². The number of carbonyl (C=O) groups is 2. The summed E-state index contributed by atoms with van der Waals surface area (Å²) >= 11 is 0. The zero-order valence-electron chi connectivity index (χ0n) is 36.6. The van der Waals surface area contributed by atoms with Crippen LogP contribution in [0.4, 0.5) is 0 Å². The minimum absolute atomic E-state index is 0.0260. The highest BCUT2D eigenvalue weighted by Crippen LogP contribution is 2.43. The average molecular weight is 811 g/mol. The van der Waals surface area contributed by atoms with Crippen LogP contribution in [-0.2, 0) is 32.7 Å². The van der Waals surface area contributed by atoms with E-state index in [4.69, 9.17) is 18.5 Å². The van der Waals surface area contributed by atoms with Gasteiger partial charge >= 0.3 is 19.8 Å². The number of quaternary nitrogens is 1. The van der Waals surface area contributed by atoms with Gasteiger partial charge in [0.1, 0.15) is 19.8 Å². The first-order chi connectivity index (χ1) is 27.0. The van der Waals surface area contributed by atoms with E-state index in [-0.39, 0.29) is 32.0 Å². The van der Waals surface area contributed by atoms with Gasteiger partial charge in [0.05, 0.1) is 27.7 Å². The molecule has 0 amide bonds. The zero-order valence-corrected chi connectivity index (χ0v) is 37.5. The van der Waals surface area contributed by atoms with Gasteiger partial charge in [-0.05, 0) is 51.4 Å². The summed E-state index contributed by atoms with van der Waals surface area (Å²) in [6.45, 7) is 4.28. The monoisotopic (exact) mass is 811 g/mol. The van der Waals surface area contributed by atoms with E-state index in [9.17, 15) is 19.0 Å². The van der Waals surface area contributed by atoms with Crippen molar-refractivity contribution in [1.29, 1.82) is 0 Å². The fourth-order valence-electron chi connectivity index (χ4n) is 5.89. The van der Waals surface area contributed by atoms with Crippen molar-refractivity contribution in [2.24, 2.45) is 0 Å². The Morgan fingerprint density at radius 3 is 1.52 bits per heavy atom. The van der Waals surface area contributed by atoms with E-state index in [1.54, 1.807) is 0 Å². The molecule has 0 radical (unpaired) electrons. The van der Waals surface area contributed by atoms with E-state index >= 15 is 0 Å². The number of phosphoric ester groups is 1. The molecule has 0 bridgehead atoms. The van der Waals surface area contributed by atoms with Gasteiger partial charge in [-0.1, -0.05) is 165 Å². The van der Waals surface area contributed by atoms with Crippen LogP contribution in [0.3, 0.4) is 0 Å². The van der Waals surface area contributed by atoms with E-state index in [0.29, 0.717) is 17.4 Å². The molecule has 2 unspecified atom stereocenters. The van der Waals surface area contributed by atoms with Crippen molar-refractivity contribution in [3.8, 4) is 0 Å². The summed E-state index contributed by atoms with van der Waals surface area (Å²) in [6, 6.07) is 0. The highest BCUT2D eigenvalue weighted by Gasteiger charge is 2.27. The molecule has 9 nitrogen and oxygen atoms in total. The summed E-state index contributed by atoms with van der Waals surface area (Å²) in [7, 11) is 1.46. The van der Waals surface area contributed by atoms with E-state index in [1.165, 1.54) is 77.0 Å². The largest absolute Gasteiger partial charge is 0.472 e. The molecule has 10 heteroatoms. The Morgan fingerprint density at radius 2 is 1.02 bits per heavy atom. The number of likely N-dealkylation sites (N-methyl/N-ethyl adjacent to an activating group) is 1. The third kappa shape index (κ3) is 41.6. The second kappa shape index (κ2) is 38.5. The smallest absolute Gasteiger partial charge is 0.462 e. The maximum Gasteiger partial charge on any atom is 0.472 e. The molecule has 0 aliphatic heterocycles. The summed E-state index contributed by atoms with van der Waals surface area (Å²) in [5, 5.41) is 0. The second-order valence-electron chi connectivity index (χ2n) is 16.1. The molecule has 0 rings (SSSR count). The first-order valence-corrected chi connectivity index (χ1v) is 23.9. The minimum atomic E-state index is -4.38. The van der Waals surface area contributed by atoms with Gasteiger partial charge in [-0.2, -0.15) is 0 Å². The van der Waals surface area contributed by atoms with Gasteiger partial charge in [0.15, 0.2) is 6.10 Å². The van der Waals surface area contributed by atoms with Crippen LogP contribution < -0.4 is 0 Å². The van der Waals surface area contributed by atoms with Crippen molar-refractivity contribution in [2.45, 2.75) is 187 Å². The fraction of sp³-hybridized carbons (Fsp3) is 0.783. The molecular formula is C46H85NO8P+. The van der Waals surface area contributed by atoms with Crippen LogP contribution in [0, 0.1) is 0 Å². The Hall–Kier alpha value is -2.03. The molecule has 1 N–H and O–H groups in total. The molecule has 0 aromatic carbocycles. The number of esters is 2. The molecule has 0 aromatic heterocycles. The van der Waals surface area contributed by atoms with Gasteiger partial charge in [-0.25, -0.2) is 4.57 Å². The Balaban J connectivity index is 4.39. The number of hydrogen-bond donors (Lipinski definition) is 1. The summed E-state index contributed by atoms with van der Waals surface area (Å²) in [5.41, 5.74) is 0. The summed E-state index contributed by atoms with van der Waals surface area (Å²) in [4.78, 5) is 35.4. The van der Waals surface area contributed by atoms with Crippen molar-refractivity contribution in [3.05, 3.63) is 48.6 Å². The first kappa shape index (κ1) is 54.0. The second-order valence-corrected chi connectivity index (χ2v) is 17.5. The van der Waals surface area contributed by atoms with Gasteiger partial charge in [0.25, 0.3) is 0 Å². The van der Waals surface area contributed by atoms with E-state index in [2.05, 4.69) is 62.5 Å². The van der Waals surface area contributed by atoms with Crippen LogP contribution in [-0.4, -0.2) is 74.9 Å². The van der Waals surface area contributed by atoms with Crippen LogP contribution in [0.15, 0.2) is 48.6 Å². The van der Waals surface area contributed by atoms with Gasteiger partial charge in [0, 0.05) is 12.8 Å². The van der Waals surface area contributed by atoms with Crippen LogP contribution in [0.2, 0.25) is 0 Å². The van der Waals surface area contributed by atoms with Gasteiger partial charge in [0.2, 0.25) is 0 Å². The molecule has 56 heavy (non-hydrogen) atoms. The fourth-order valence-corrected chi connectivity index (χ4v) is 6.63. The quantitative estimate of drug-likeness (QED) is 0.0214. The highest BCUT2D eigenvalue weighted by atomic mass is 31.2. The Kier molecular flexibility index (Phi) is 37.1. The molecule has 0 spiro atoms. The third-order valence-electron chi connectivity index (χ3n) is 9.37. The minimum Gasteiger partial charge on any atom is -0.462 e. The summed E-state index contributed by atoms with van der Waals surface area (Å²) < 4.78 is 34.3. The lowest BCUT2D eigenvalue weighted by Crippen LogP contribution is -2.37. The number of ether oxygens (including phenoxy) is 2. The topological polar surface area (TPSA) is 108 Å². The molecule has 0 aliphatic carbocycles. The van der Waals surface area contributed by atoms with Crippen LogP contribution in [0.1, 0.15) is 181 Å². The molecule has 0 aliphatic rings. The van der Waals surface area contributed by atoms with Crippen molar-refractivity contribution in [3.63, 3.8) is 0 Å². The van der Waals surface area contributed by atoms with Crippen LogP contribution >= 0.6 is 7.82 Å². The standard InChI is InChI=1S/C46H84NO8P/c1-6-8-10-12-14-16-18-20-22-23-25-27-29-31-33-35-37-39-46(49)55-44(43-54-56(50,51)53-41-40-47(3,4)5)42-52-45(48)38-36-34-32-30-28-26-24-21-19-17-15-13-11-9-7-2/h8,10,14,16,20,22,25,27,44H,6-7,9,11-13,15,17-19,21,23-24,26,28-43H2,1-5H3/p+1/b10-8-,16-14-,22-20-,27-25-. The normalized spacial score (nSPS) is 14.0. The number of nitrogens with zero attached hydrogens (tertiary/aromatic N) is 1. The average Bonchev–Trinajstić information content (AvgIpc) is 3.15. The van der Waals surface area contributed by atoms with Crippen LogP contribution in [0.25, 0.3) is 0 Å². The number of carbonyl (C=O) groups excluding carboxylic acids is 2. The molecule has 0 saturated heterocycles. The molecule has 0 heterocycles. The summed E-state index contributed by atoms with van der Waals surface area (Å²) in [5.74, 6) is -0.824. The molecule has 0 saturated carbocycles. The van der Waals surface area contributed by atoms with Crippen molar-refractivity contribution in [2.75, 3.05) is 47.5 Å². The Morgan fingerprint density at radius 1 is 0.571 bits per heavy atom.